The zero-order valence-corrected chi connectivity index (χ0v) is 50.6. The number of hydrogen-bond acceptors (Lipinski definition) is 6. The van der Waals surface area contributed by atoms with Gasteiger partial charge in [-0.15, -0.1) is 0 Å². The predicted molar refractivity (Wildman–Crippen MR) is 339 cm³/mol. The first-order chi connectivity index (χ1) is 38.5. The maximum atomic E-state index is 12.9. The van der Waals surface area contributed by atoms with Crippen molar-refractivity contribution in [2.45, 2.75) is 290 Å². The standard InChI is InChI=1S/C72H118O6/c1-4-7-10-13-16-19-22-25-28-29-30-31-32-33-34-35-36-37-38-39-40-41-42-43-45-47-50-53-56-59-62-65-71(74)77-68-69(67-76-70(73)64-61-58-55-52-49-46-27-24-21-18-15-12-9-6-3)78-72(75)66-63-60-57-54-51-48-44-26-23-20-17-14-11-8-5-2/h7-8,10-11,16-17,19-20,24-28,30-31,33-34,36-37,39-40,44,69H,4-6,9,12-15,18,21-23,29,32,35,38,41-43,45-68H2,1-3H3/b10-7-,11-8-,19-16-,20-17-,27-24-,28-25-,31-30-,34-33-,37-36-,40-39-,44-26-. The minimum Gasteiger partial charge on any atom is -0.462 e. The van der Waals surface area contributed by atoms with Crippen LogP contribution in [-0.4, -0.2) is 37.2 Å². The van der Waals surface area contributed by atoms with Gasteiger partial charge in [0.15, 0.2) is 6.10 Å². The van der Waals surface area contributed by atoms with E-state index in [1.165, 1.54) is 89.9 Å². The highest BCUT2D eigenvalue weighted by Crippen LogP contribution is 2.15. The van der Waals surface area contributed by atoms with Gasteiger partial charge in [0.2, 0.25) is 0 Å². The summed E-state index contributed by atoms with van der Waals surface area (Å²) in [7, 11) is 0. The van der Waals surface area contributed by atoms with E-state index in [0.29, 0.717) is 19.3 Å². The van der Waals surface area contributed by atoms with Gasteiger partial charge < -0.3 is 14.2 Å². The molecule has 0 saturated heterocycles. The van der Waals surface area contributed by atoms with Gasteiger partial charge in [0.05, 0.1) is 0 Å². The Morgan fingerprint density at radius 1 is 0.269 bits per heavy atom. The van der Waals surface area contributed by atoms with E-state index >= 15 is 0 Å². The Hall–Kier alpha value is -4.45. The lowest BCUT2D eigenvalue weighted by Gasteiger charge is -2.18. The Kier molecular flexibility index (Phi) is 61.4. The molecule has 0 N–H and O–H groups in total. The number of allylic oxidation sites excluding steroid dienone is 22. The monoisotopic (exact) mass is 1080 g/mol. The average Bonchev–Trinajstić information content (AvgIpc) is 3.44. The van der Waals surface area contributed by atoms with Gasteiger partial charge in [0.1, 0.15) is 13.2 Å². The molecule has 0 aliphatic rings. The Bertz CT molecular complexity index is 1670. The Morgan fingerprint density at radius 3 is 0.795 bits per heavy atom. The van der Waals surface area contributed by atoms with Gasteiger partial charge in [-0.25, -0.2) is 0 Å². The largest absolute Gasteiger partial charge is 0.462 e. The summed E-state index contributed by atoms with van der Waals surface area (Å²) in [6, 6.07) is 0. The molecule has 0 heterocycles. The number of esters is 3. The van der Waals surface area contributed by atoms with E-state index in [1.54, 1.807) is 0 Å². The molecule has 0 saturated carbocycles. The van der Waals surface area contributed by atoms with Gasteiger partial charge in [-0.2, -0.15) is 0 Å². The SMILES string of the molecule is CC/C=C\C/C=C\C/C=C\C/C=C\C/C=C\C/C=C\C/C=C\CCCCCCCCCCCC(=O)OCC(COC(=O)CCCCCCC/C=C\CCCCCCC)OC(=O)CCCCCCC/C=C\C/C=C\C/C=C\CC. The summed E-state index contributed by atoms with van der Waals surface area (Å²) in [5.41, 5.74) is 0. The summed E-state index contributed by atoms with van der Waals surface area (Å²) in [6.45, 7) is 6.38. The normalized spacial score (nSPS) is 13.0. The van der Waals surface area contributed by atoms with Gasteiger partial charge in [-0.1, -0.05) is 264 Å². The van der Waals surface area contributed by atoms with E-state index < -0.39 is 6.10 Å². The summed E-state index contributed by atoms with van der Waals surface area (Å²) < 4.78 is 16.9. The summed E-state index contributed by atoms with van der Waals surface area (Å²) in [5.74, 6) is -0.923. The Labute approximate surface area is 481 Å². The minimum atomic E-state index is -0.798. The quantitative estimate of drug-likeness (QED) is 0.0261. The third kappa shape index (κ3) is 62.4. The van der Waals surface area contributed by atoms with Crippen molar-refractivity contribution in [2.75, 3.05) is 13.2 Å². The van der Waals surface area contributed by atoms with Crippen LogP contribution in [0.15, 0.2) is 134 Å². The molecule has 0 aliphatic carbocycles. The molecule has 442 valence electrons. The molecule has 1 atom stereocenters. The molecule has 0 bridgehead atoms. The molecule has 0 amide bonds. The summed E-state index contributed by atoms with van der Waals surface area (Å²) in [4.78, 5) is 38.3. The van der Waals surface area contributed by atoms with Crippen LogP contribution in [0, 0.1) is 0 Å². The predicted octanol–water partition coefficient (Wildman–Crippen LogP) is 22.2. The Balaban J connectivity index is 4.31. The first-order valence-electron chi connectivity index (χ1n) is 32.2. The van der Waals surface area contributed by atoms with Crippen LogP contribution in [-0.2, 0) is 28.6 Å². The van der Waals surface area contributed by atoms with Crippen LogP contribution in [0.4, 0.5) is 0 Å². The summed E-state index contributed by atoms with van der Waals surface area (Å²) >= 11 is 0. The van der Waals surface area contributed by atoms with Crippen LogP contribution in [0.2, 0.25) is 0 Å². The second-order valence-electron chi connectivity index (χ2n) is 20.9. The van der Waals surface area contributed by atoms with Crippen LogP contribution in [0.3, 0.4) is 0 Å². The highest BCUT2D eigenvalue weighted by molar-refractivity contribution is 5.71. The van der Waals surface area contributed by atoms with Crippen molar-refractivity contribution in [1.82, 2.24) is 0 Å². The maximum Gasteiger partial charge on any atom is 0.306 e. The van der Waals surface area contributed by atoms with Gasteiger partial charge in [-0.3, -0.25) is 14.4 Å². The first-order valence-corrected chi connectivity index (χ1v) is 32.2. The molecule has 0 aliphatic heterocycles. The number of carbonyl (C=O) groups is 3. The molecule has 0 fully saturated rings. The molecule has 78 heavy (non-hydrogen) atoms. The molecule has 0 radical (unpaired) electrons. The Morgan fingerprint density at radius 2 is 0.500 bits per heavy atom. The van der Waals surface area contributed by atoms with Crippen molar-refractivity contribution >= 4 is 17.9 Å². The molecule has 0 spiro atoms. The fourth-order valence-electron chi connectivity index (χ4n) is 8.61. The molecule has 0 aromatic heterocycles. The molecule has 6 heteroatoms. The number of carbonyl (C=O) groups excluding carboxylic acids is 3. The van der Waals surface area contributed by atoms with Gasteiger partial charge >= 0.3 is 17.9 Å². The first kappa shape index (κ1) is 73.5. The summed E-state index contributed by atoms with van der Waals surface area (Å²) in [5, 5.41) is 0. The lowest BCUT2D eigenvalue weighted by Crippen LogP contribution is -2.30. The van der Waals surface area contributed by atoms with Crippen LogP contribution in [0.1, 0.15) is 284 Å². The lowest BCUT2D eigenvalue weighted by molar-refractivity contribution is -0.167. The highest BCUT2D eigenvalue weighted by atomic mass is 16.6. The van der Waals surface area contributed by atoms with Crippen LogP contribution >= 0.6 is 0 Å². The second-order valence-corrected chi connectivity index (χ2v) is 20.9. The number of hydrogen-bond donors (Lipinski definition) is 0. The average molecular weight is 1080 g/mol. The molecule has 0 rings (SSSR count). The summed E-state index contributed by atoms with van der Waals surface area (Å²) in [6.07, 6.45) is 91.7. The highest BCUT2D eigenvalue weighted by Gasteiger charge is 2.19. The van der Waals surface area contributed by atoms with Gasteiger partial charge in [0, 0.05) is 19.3 Å². The molecule has 0 aromatic carbocycles. The van der Waals surface area contributed by atoms with Gasteiger partial charge in [0.25, 0.3) is 0 Å². The zero-order chi connectivity index (χ0) is 56.4. The fraction of sp³-hybridized carbons (Fsp3) is 0.653. The van der Waals surface area contributed by atoms with E-state index in [1.807, 2.05) is 0 Å². The number of rotatable bonds is 57. The van der Waals surface area contributed by atoms with E-state index in [0.717, 1.165) is 154 Å². The minimum absolute atomic E-state index is 0.0935. The third-order valence-electron chi connectivity index (χ3n) is 13.4. The van der Waals surface area contributed by atoms with E-state index in [4.69, 9.17) is 14.2 Å². The topological polar surface area (TPSA) is 78.9 Å². The molecular weight excluding hydrogens is 961 g/mol. The van der Waals surface area contributed by atoms with E-state index in [2.05, 4.69) is 154 Å². The van der Waals surface area contributed by atoms with Crippen molar-refractivity contribution in [2.24, 2.45) is 0 Å². The van der Waals surface area contributed by atoms with Gasteiger partial charge in [-0.05, 0) is 135 Å². The van der Waals surface area contributed by atoms with E-state index in [9.17, 15) is 14.4 Å². The molecule has 6 nitrogen and oxygen atoms in total. The molecular formula is C72H118O6. The van der Waals surface area contributed by atoms with Crippen LogP contribution in [0.25, 0.3) is 0 Å². The zero-order valence-electron chi connectivity index (χ0n) is 50.6. The maximum absolute atomic E-state index is 12.9. The van der Waals surface area contributed by atoms with Crippen molar-refractivity contribution in [3.05, 3.63) is 134 Å². The van der Waals surface area contributed by atoms with Crippen molar-refractivity contribution < 1.29 is 28.6 Å². The van der Waals surface area contributed by atoms with Crippen LogP contribution in [0.5, 0.6) is 0 Å². The molecule has 1 unspecified atom stereocenters. The number of ether oxygens (including phenoxy) is 3. The van der Waals surface area contributed by atoms with Crippen molar-refractivity contribution in [3.63, 3.8) is 0 Å². The number of unbranched alkanes of at least 4 members (excludes halogenated alkanes) is 24. The lowest BCUT2D eigenvalue weighted by atomic mass is 10.1. The second kappa shape index (κ2) is 65.1. The smallest absolute Gasteiger partial charge is 0.306 e. The van der Waals surface area contributed by atoms with Crippen molar-refractivity contribution in [1.29, 1.82) is 0 Å². The molecule has 0 aromatic rings. The van der Waals surface area contributed by atoms with Crippen LogP contribution < -0.4 is 0 Å². The third-order valence-corrected chi connectivity index (χ3v) is 13.4. The fourth-order valence-corrected chi connectivity index (χ4v) is 8.61. The van der Waals surface area contributed by atoms with Crippen molar-refractivity contribution in [3.8, 4) is 0 Å². The van der Waals surface area contributed by atoms with E-state index in [-0.39, 0.29) is 31.1 Å².